The van der Waals surface area contributed by atoms with Gasteiger partial charge in [-0.25, -0.2) is 4.79 Å². The lowest BCUT2D eigenvalue weighted by molar-refractivity contribution is 0.192. The summed E-state index contributed by atoms with van der Waals surface area (Å²) in [7, 11) is 0. The van der Waals surface area contributed by atoms with Crippen LogP contribution in [0.1, 0.15) is 30.0 Å². The zero-order valence-corrected chi connectivity index (χ0v) is 12.8. The number of likely N-dealkylation sites (tertiary alicyclic amines) is 1. The minimum Gasteiger partial charge on any atom is -0.324 e. The first-order chi connectivity index (χ1) is 10.7. The van der Waals surface area contributed by atoms with Crippen molar-refractivity contribution >= 4 is 11.7 Å². The highest BCUT2D eigenvalue weighted by Crippen LogP contribution is 2.26. The van der Waals surface area contributed by atoms with E-state index in [0.29, 0.717) is 5.92 Å². The number of para-hydroxylation sites is 1. The van der Waals surface area contributed by atoms with Crippen molar-refractivity contribution in [3.05, 3.63) is 59.9 Å². The number of hydrogen-bond donors (Lipinski definition) is 1. The maximum Gasteiger partial charge on any atom is 0.321 e. The number of amides is 2. The van der Waals surface area contributed by atoms with Crippen molar-refractivity contribution in [1.29, 1.82) is 0 Å². The summed E-state index contributed by atoms with van der Waals surface area (Å²) in [5, 5.41) is 2.96. The number of rotatable bonds is 2. The topological polar surface area (TPSA) is 45.2 Å². The van der Waals surface area contributed by atoms with Crippen molar-refractivity contribution in [3.63, 3.8) is 0 Å². The lowest BCUT2D eigenvalue weighted by atomic mass is 9.94. The average molecular weight is 295 g/mol. The summed E-state index contributed by atoms with van der Waals surface area (Å²) in [5.41, 5.74) is 3.09. The monoisotopic (exact) mass is 295 g/mol. The van der Waals surface area contributed by atoms with E-state index < -0.39 is 0 Å². The van der Waals surface area contributed by atoms with Crippen LogP contribution in [-0.2, 0) is 0 Å². The summed E-state index contributed by atoms with van der Waals surface area (Å²) in [5.74, 6) is 0.330. The van der Waals surface area contributed by atoms with Crippen LogP contribution in [0, 0.1) is 6.92 Å². The van der Waals surface area contributed by atoms with Crippen LogP contribution in [0.25, 0.3) is 0 Å². The lowest BCUT2D eigenvalue weighted by Gasteiger charge is -2.32. The number of pyridine rings is 1. The van der Waals surface area contributed by atoms with E-state index in [4.69, 9.17) is 0 Å². The van der Waals surface area contributed by atoms with Crippen LogP contribution < -0.4 is 5.32 Å². The van der Waals surface area contributed by atoms with E-state index in [1.807, 2.05) is 48.4 Å². The number of aryl methyl sites for hydroxylation is 1. The van der Waals surface area contributed by atoms with E-state index in [0.717, 1.165) is 37.3 Å². The van der Waals surface area contributed by atoms with E-state index in [2.05, 4.69) is 22.4 Å². The fraction of sp³-hybridized carbons (Fsp3) is 0.333. The summed E-state index contributed by atoms with van der Waals surface area (Å²) in [6.45, 7) is 3.58. The number of benzene rings is 1. The maximum atomic E-state index is 12.4. The first kappa shape index (κ1) is 14.6. The van der Waals surface area contributed by atoms with Crippen LogP contribution in [-0.4, -0.2) is 29.0 Å². The Kier molecular flexibility index (Phi) is 4.37. The minimum atomic E-state index is -0.0250. The predicted octanol–water partition coefficient (Wildman–Crippen LogP) is 3.80. The van der Waals surface area contributed by atoms with Crippen molar-refractivity contribution in [1.82, 2.24) is 9.88 Å². The molecule has 2 amide bonds. The fourth-order valence-corrected chi connectivity index (χ4v) is 2.85. The Hall–Kier alpha value is -2.36. The fourth-order valence-electron chi connectivity index (χ4n) is 2.85. The molecule has 1 aliphatic rings. The third-order valence-electron chi connectivity index (χ3n) is 4.09. The summed E-state index contributed by atoms with van der Waals surface area (Å²) in [6, 6.07) is 13.7. The van der Waals surface area contributed by atoms with Gasteiger partial charge in [-0.2, -0.15) is 0 Å². The molecule has 114 valence electrons. The summed E-state index contributed by atoms with van der Waals surface area (Å²) in [6.07, 6.45) is 4.01. The molecule has 1 unspecified atom stereocenters. The van der Waals surface area contributed by atoms with Gasteiger partial charge in [-0.1, -0.05) is 24.3 Å². The van der Waals surface area contributed by atoms with Crippen LogP contribution in [0.5, 0.6) is 0 Å². The molecule has 4 nitrogen and oxygen atoms in total. The Labute approximate surface area is 131 Å². The average Bonchev–Trinajstić information content (AvgIpc) is 2.56. The van der Waals surface area contributed by atoms with Crippen molar-refractivity contribution in [2.24, 2.45) is 0 Å². The van der Waals surface area contributed by atoms with Crippen LogP contribution in [0.4, 0.5) is 10.5 Å². The minimum absolute atomic E-state index is 0.0250. The first-order valence-corrected chi connectivity index (χ1v) is 7.76. The van der Waals surface area contributed by atoms with Crippen LogP contribution in [0.3, 0.4) is 0 Å². The summed E-state index contributed by atoms with van der Waals surface area (Å²) >= 11 is 0. The van der Waals surface area contributed by atoms with E-state index in [9.17, 15) is 4.79 Å². The van der Waals surface area contributed by atoms with Gasteiger partial charge >= 0.3 is 6.03 Å². The largest absolute Gasteiger partial charge is 0.324 e. The molecule has 1 atom stereocenters. The van der Waals surface area contributed by atoms with Crippen molar-refractivity contribution < 1.29 is 4.79 Å². The number of anilines is 1. The summed E-state index contributed by atoms with van der Waals surface area (Å²) < 4.78 is 0. The van der Waals surface area contributed by atoms with Gasteiger partial charge in [-0.3, -0.25) is 4.98 Å². The number of carbonyl (C=O) groups is 1. The number of urea groups is 1. The molecular weight excluding hydrogens is 274 g/mol. The Morgan fingerprint density at radius 3 is 2.77 bits per heavy atom. The molecular formula is C18H21N3O. The van der Waals surface area contributed by atoms with Gasteiger partial charge in [0, 0.05) is 36.6 Å². The highest BCUT2D eigenvalue weighted by Gasteiger charge is 2.25. The molecule has 2 aromatic rings. The zero-order valence-electron chi connectivity index (χ0n) is 12.8. The third kappa shape index (κ3) is 3.45. The standard InChI is InChI=1S/C18H21N3O/c1-14-9-10-17(19-12-14)15-6-5-11-21(13-15)18(22)20-16-7-3-2-4-8-16/h2-4,7-10,12,15H,5-6,11,13H2,1H3,(H,20,22). The number of nitrogens with one attached hydrogen (secondary N) is 1. The van der Waals surface area contributed by atoms with Crippen molar-refractivity contribution in [2.45, 2.75) is 25.7 Å². The van der Waals surface area contributed by atoms with Gasteiger partial charge in [0.15, 0.2) is 0 Å². The Morgan fingerprint density at radius 1 is 1.23 bits per heavy atom. The Morgan fingerprint density at radius 2 is 2.05 bits per heavy atom. The molecule has 0 spiro atoms. The molecule has 1 aromatic heterocycles. The molecule has 1 saturated heterocycles. The van der Waals surface area contributed by atoms with E-state index in [1.165, 1.54) is 5.56 Å². The van der Waals surface area contributed by atoms with Gasteiger partial charge in [0.25, 0.3) is 0 Å². The first-order valence-electron chi connectivity index (χ1n) is 7.76. The predicted molar refractivity (Wildman–Crippen MR) is 88.0 cm³/mol. The van der Waals surface area contributed by atoms with Gasteiger partial charge in [0.1, 0.15) is 0 Å². The van der Waals surface area contributed by atoms with E-state index >= 15 is 0 Å². The highest BCUT2D eigenvalue weighted by atomic mass is 16.2. The number of aromatic nitrogens is 1. The number of piperidine rings is 1. The van der Waals surface area contributed by atoms with Gasteiger partial charge in [-0.05, 0) is 43.5 Å². The van der Waals surface area contributed by atoms with Crippen molar-refractivity contribution in [2.75, 3.05) is 18.4 Å². The van der Waals surface area contributed by atoms with Gasteiger partial charge in [0.05, 0.1) is 0 Å². The Bertz CT molecular complexity index is 625. The second-order valence-electron chi connectivity index (χ2n) is 5.84. The number of carbonyl (C=O) groups excluding carboxylic acids is 1. The number of hydrogen-bond acceptors (Lipinski definition) is 2. The second kappa shape index (κ2) is 6.60. The van der Waals surface area contributed by atoms with Crippen LogP contribution in [0.15, 0.2) is 48.7 Å². The molecule has 0 aliphatic carbocycles. The van der Waals surface area contributed by atoms with E-state index in [-0.39, 0.29) is 6.03 Å². The van der Waals surface area contributed by atoms with Crippen LogP contribution in [0.2, 0.25) is 0 Å². The maximum absolute atomic E-state index is 12.4. The quantitative estimate of drug-likeness (QED) is 0.916. The van der Waals surface area contributed by atoms with Gasteiger partial charge in [-0.15, -0.1) is 0 Å². The number of nitrogens with zero attached hydrogens (tertiary/aromatic N) is 2. The Balaban J connectivity index is 1.65. The van der Waals surface area contributed by atoms with Crippen LogP contribution >= 0.6 is 0 Å². The molecule has 0 bridgehead atoms. The normalized spacial score (nSPS) is 18.0. The molecule has 1 aromatic carbocycles. The lowest BCUT2D eigenvalue weighted by Crippen LogP contribution is -2.41. The zero-order chi connectivity index (χ0) is 15.4. The van der Waals surface area contributed by atoms with Gasteiger partial charge < -0.3 is 10.2 Å². The van der Waals surface area contributed by atoms with Gasteiger partial charge in [0.2, 0.25) is 0 Å². The third-order valence-corrected chi connectivity index (χ3v) is 4.09. The molecule has 4 heteroatoms. The van der Waals surface area contributed by atoms with Crippen molar-refractivity contribution in [3.8, 4) is 0 Å². The summed E-state index contributed by atoms with van der Waals surface area (Å²) in [4.78, 5) is 18.8. The molecule has 0 saturated carbocycles. The molecule has 1 aliphatic heterocycles. The molecule has 2 heterocycles. The SMILES string of the molecule is Cc1ccc(C2CCCN(C(=O)Nc3ccccc3)C2)nc1. The molecule has 1 fully saturated rings. The molecule has 22 heavy (non-hydrogen) atoms. The highest BCUT2D eigenvalue weighted by molar-refractivity contribution is 5.89. The molecule has 3 rings (SSSR count). The smallest absolute Gasteiger partial charge is 0.321 e. The molecule has 1 N–H and O–H groups in total. The second-order valence-corrected chi connectivity index (χ2v) is 5.84. The molecule has 0 radical (unpaired) electrons. The van der Waals surface area contributed by atoms with E-state index in [1.54, 1.807) is 0 Å².